The first kappa shape index (κ1) is 26.7. The van der Waals surface area contributed by atoms with Crippen LogP contribution in [0.15, 0.2) is 10.8 Å². The van der Waals surface area contributed by atoms with Gasteiger partial charge in [-0.15, -0.1) is 22.7 Å². The maximum absolute atomic E-state index is 13.3. The smallest absolute Gasteiger partial charge is 0.263 e. The Morgan fingerprint density at radius 2 is 0.889 bits per heavy atom. The van der Waals surface area contributed by atoms with Crippen molar-refractivity contribution in [1.82, 2.24) is 9.80 Å². The van der Waals surface area contributed by atoms with E-state index < -0.39 is 0 Å². The van der Waals surface area contributed by atoms with Gasteiger partial charge in [0.05, 0.1) is 32.0 Å². The quantitative estimate of drug-likeness (QED) is 0.178. The van der Waals surface area contributed by atoms with Crippen molar-refractivity contribution in [2.24, 2.45) is 0 Å². The second kappa shape index (κ2) is 12.3. The summed E-state index contributed by atoms with van der Waals surface area (Å²) in [5, 5.41) is 3.46. The monoisotopic (exact) mass is 528 g/mol. The first-order valence-corrected chi connectivity index (χ1v) is 15.2. The van der Waals surface area contributed by atoms with Crippen LogP contribution in [0.5, 0.6) is 0 Å². The maximum atomic E-state index is 13.3. The molecule has 0 saturated heterocycles. The van der Waals surface area contributed by atoms with Gasteiger partial charge >= 0.3 is 0 Å². The molecule has 2 aromatic heterocycles. The Morgan fingerprint density at radius 1 is 0.528 bits per heavy atom. The molecule has 194 valence electrons. The lowest BCUT2D eigenvalue weighted by Crippen LogP contribution is -2.31. The summed E-state index contributed by atoms with van der Waals surface area (Å²) < 4.78 is 0. The number of carbonyl (C=O) groups is 4. The molecule has 36 heavy (non-hydrogen) atoms. The van der Waals surface area contributed by atoms with E-state index in [-0.39, 0.29) is 23.6 Å². The van der Waals surface area contributed by atoms with Gasteiger partial charge in [-0.2, -0.15) is 0 Å². The molecule has 4 amide bonds. The van der Waals surface area contributed by atoms with Gasteiger partial charge in [-0.1, -0.05) is 78.1 Å². The molecule has 0 radical (unpaired) electrons. The molecule has 0 fully saturated rings. The van der Waals surface area contributed by atoms with E-state index in [0.29, 0.717) is 45.1 Å². The standard InChI is InChI=1S/C28H36N2O4S2/c1-3-5-7-9-11-13-15-29-25(31)19-17-35-23(21(19)27(29)33)24-22-20(18-36-24)26(32)30(28(22)34)16-14-12-10-8-6-4-2/h17-18H,3-16H2,1-2H3. The van der Waals surface area contributed by atoms with Crippen LogP contribution >= 0.6 is 22.7 Å². The van der Waals surface area contributed by atoms with Crippen LogP contribution in [0.2, 0.25) is 0 Å². The average Bonchev–Trinajstić information content (AvgIpc) is 3.60. The van der Waals surface area contributed by atoms with Crippen molar-refractivity contribution in [3.8, 4) is 9.75 Å². The third-order valence-corrected chi connectivity index (χ3v) is 9.25. The van der Waals surface area contributed by atoms with Crippen molar-refractivity contribution in [3.63, 3.8) is 0 Å². The number of rotatable bonds is 15. The number of fused-ring (bicyclic) bond motifs is 2. The van der Waals surface area contributed by atoms with Gasteiger partial charge in [-0.05, 0) is 12.8 Å². The van der Waals surface area contributed by atoms with E-state index in [1.165, 1.54) is 71.0 Å². The zero-order valence-electron chi connectivity index (χ0n) is 21.4. The fraction of sp³-hybridized carbons (Fsp3) is 0.571. The van der Waals surface area contributed by atoms with Crippen LogP contribution in [0.3, 0.4) is 0 Å². The Hall–Kier alpha value is -2.32. The number of hydrogen-bond donors (Lipinski definition) is 0. The molecule has 0 atom stereocenters. The highest BCUT2D eigenvalue weighted by Crippen LogP contribution is 2.45. The second-order valence-corrected chi connectivity index (χ2v) is 11.5. The van der Waals surface area contributed by atoms with Crippen LogP contribution in [0.1, 0.15) is 132 Å². The predicted octanol–water partition coefficient (Wildman–Crippen LogP) is 7.39. The highest BCUT2D eigenvalue weighted by Gasteiger charge is 2.43. The van der Waals surface area contributed by atoms with Crippen LogP contribution in [0.25, 0.3) is 9.75 Å². The van der Waals surface area contributed by atoms with E-state index >= 15 is 0 Å². The molecule has 2 aromatic rings. The van der Waals surface area contributed by atoms with Crippen LogP contribution in [-0.2, 0) is 0 Å². The van der Waals surface area contributed by atoms with Gasteiger partial charge in [0.1, 0.15) is 0 Å². The summed E-state index contributed by atoms with van der Waals surface area (Å²) in [4.78, 5) is 56.4. The molecule has 4 heterocycles. The SMILES string of the molecule is CCCCCCCCN1C(=O)c2csc(-c3scc4c3C(=O)N(CCCCCCCC)C4=O)c2C1=O. The summed E-state index contributed by atoms with van der Waals surface area (Å²) in [6.45, 7) is 5.21. The Kier molecular flexibility index (Phi) is 9.12. The van der Waals surface area contributed by atoms with Crippen molar-refractivity contribution in [2.75, 3.05) is 13.1 Å². The van der Waals surface area contributed by atoms with E-state index in [9.17, 15) is 19.2 Å². The molecule has 0 aromatic carbocycles. The fourth-order valence-electron chi connectivity index (χ4n) is 5.04. The zero-order valence-corrected chi connectivity index (χ0v) is 23.0. The van der Waals surface area contributed by atoms with Gasteiger partial charge in [0, 0.05) is 23.8 Å². The molecule has 8 heteroatoms. The Morgan fingerprint density at radius 3 is 1.28 bits per heavy atom. The average molecular weight is 529 g/mol. The van der Waals surface area contributed by atoms with Crippen molar-refractivity contribution < 1.29 is 19.2 Å². The van der Waals surface area contributed by atoms with E-state index in [1.807, 2.05) is 0 Å². The van der Waals surface area contributed by atoms with Gasteiger partial charge in [-0.25, -0.2) is 0 Å². The Balaban J connectivity index is 1.44. The molecule has 0 spiro atoms. The number of unbranched alkanes of at least 4 members (excludes halogenated alkanes) is 10. The number of imide groups is 2. The number of thiophene rings is 2. The molecule has 2 aliphatic heterocycles. The molecule has 0 saturated carbocycles. The van der Waals surface area contributed by atoms with E-state index in [4.69, 9.17) is 0 Å². The van der Waals surface area contributed by atoms with Crippen LogP contribution < -0.4 is 0 Å². The molecule has 6 nitrogen and oxygen atoms in total. The van der Waals surface area contributed by atoms with Gasteiger partial charge < -0.3 is 0 Å². The zero-order chi connectivity index (χ0) is 25.7. The summed E-state index contributed by atoms with van der Waals surface area (Å²) in [6.07, 6.45) is 13.0. The van der Waals surface area contributed by atoms with Crippen LogP contribution in [-0.4, -0.2) is 46.5 Å². The molecule has 0 N–H and O–H groups in total. The third kappa shape index (κ3) is 5.21. The third-order valence-electron chi connectivity index (χ3n) is 7.13. The number of amides is 4. The normalized spacial score (nSPS) is 14.9. The second-order valence-electron chi connectivity index (χ2n) is 9.77. The Bertz CT molecular complexity index is 1040. The Labute approximate surface area is 221 Å². The van der Waals surface area contributed by atoms with E-state index in [0.717, 1.165) is 38.5 Å². The minimum Gasteiger partial charge on any atom is -0.274 e. The highest BCUT2D eigenvalue weighted by molar-refractivity contribution is 7.21. The molecule has 0 bridgehead atoms. The van der Waals surface area contributed by atoms with E-state index in [2.05, 4.69) is 13.8 Å². The largest absolute Gasteiger partial charge is 0.274 e. The van der Waals surface area contributed by atoms with E-state index in [1.54, 1.807) is 10.8 Å². The molecule has 4 rings (SSSR count). The minimum absolute atomic E-state index is 0.244. The van der Waals surface area contributed by atoms with Crippen molar-refractivity contribution in [1.29, 1.82) is 0 Å². The molecule has 0 unspecified atom stereocenters. The minimum atomic E-state index is -0.275. The number of carbonyl (C=O) groups excluding carboxylic acids is 4. The lowest BCUT2D eigenvalue weighted by atomic mass is 10.1. The van der Waals surface area contributed by atoms with Crippen LogP contribution in [0, 0.1) is 0 Å². The lowest BCUT2D eigenvalue weighted by Gasteiger charge is -2.15. The maximum Gasteiger partial charge on any atom is 0.263 e. The van der Waals surface area contributed by atoms with Gasteiger partial charge in [0.25, 0.3) is 23.6 Å². The first-order chi connectivity index (χ1) is 17.5. The van der Waals surface area contributed by atoms with Gasteiger partial charge in [-0.3, -0.25) is 29.0 Å². The highest BCUT2D eigenvalue weighted by atomic mass is 32.1. The van der Waals surface area contributed by atoms with Crippen molar-refractivity contribution in [3.05, 3.63) is 33.0 Å². The topological polar surface area (TPSA) is 74.8 Å². The molecule has 0 aliphatic carbocycles. The summed E-state index contributed by atoms with van der Waals surface area (Å²) in [5.41, 5.74) is 1.65. The van der Waals surface area contributed by atoms with Crippen molar-refractivity contribution in [2.45, 2.75) is 90.9 Å². The number of nitrogens with zero attached hydrogens (tertiary/aromatic N) is 2. The summed E-state index contributed by atoms with van der Waals surface area (Å²) >= 11 is 2.63. The number of hydrogen-bond acceptors (Lipinski definition) is 6. The summed E-state index contributed by atoms with van der Waals surface area (Å²) in [6, 6.07) is 0. The predicted molar refractivity (Wildman–Crippen MR) is 145 cm³/mol. The molecule has 2 aliphatic rings. The summed E-state index contributed by atoms with van der Waals surface area (Å²) in [5.74, 6) is -1.04. The summed E-state index contributed by atoms with van der Waals surface area (Å²) in [7, 11) is 0. The lowest BCUT2D eigenvalue weighted by molar-refractivity contribution is 0.0635. The fourth-order valence-corrected chi connectivity index (χ4v) is 7.29. The van der Waals surface area contributed by atoms with Crippen LogP contribution in [0.4, 0.5) is 0 Å². The van der Waals surface area contributed by atoms with Gasteiger partial charge in [0.2, 0.25) is 0 Å². The first-order valence-electron chi connectivity index (χ1n) is 13.5. The van der Waals surface area contributed by atoms with Gasteiger partial charge in [0.15, 0.2) is 0 Å². The molecular weight excluding hydrogens is 492 g/mol. The molecular formula is C28H36N2O4S2. The van der Waals surface area contributed by atoms with Crippen molar-refractivity contribution >= 4 is 46.3 Å².